The Bertz CT molecular complexity index is 369. The molecule has 1 aliphatic heterocycles. The summed E-state index contributed by atoms with van der Waals surface area (Å²) in [6.45, 7) is 3.03. The topological polar surface area (TPSA) is 44.5 Å². The number of ether oxygens (including phenoxy) is 2. The molecule has 0 radical (unpaired) electrons. The molecule has 0 spiro atoms. The van der Waals surface area contributed by atoms with Gasteiger partial charge in [-0.3, -0.25) is 0 Å². The molecule has 2 rings (SSSR count). The highest BCUT2D eigenvalue weighted by atomic mass is 32.2. The number of nitrogens with two attached hydrogens (primary N) is 1. The second-order valence-electron chi connectivity index (χ2n) is 4.62. The number of hydrogen-bond acceptors (Lipinski definition) is 4. The van der Waals surface area contributed by atoms with Gasteiger partial charge in [0, 0.05) is 23.7 Å². The van der Waals surface area contributed by atoms with Crippen molar-refractivity contribution in [3.8, 4) is 5.75 Å². The van der Waals surface area contributed by atoms with Crippen molar-refractivity contribution in [2.24, 2.45) is 5.73 Å². The van der Waals surface area contributed by atoms with Crippen LogP contribution in [0.4, 0.5) is 0 Å². The van der Waals surface area contributed by atoms with Crippen LogP contribution in [-0.4, -0.2) is 30.8 Å². The fourth-order valence-corrected chi connectivity index (χ4v) is 3.37. The maximum atomic E-state index is 6.21. The molecule has 3 atom stereocenters. The van der Waals surface area contributed by atoms with Crippen molar-refractivity contribution in [1.82, 2.24) is 0 Å². The van der Waals surface area contributed by atoms with E-state index >= 15 is 0 Å². The average molecular weight is 267 g/mol. The van der Waals surface area contributed by atoms with Gasteiger partial charge in [-0.1, -0.05) is 12.1 Å². The Labute approximate surface area is 113 Å². The first-order valence-electron chi connectivity index (χ1n) is 6.33. The van der Waals surface area contributed by atoms with Crippen LogP contribution in [0.3, 0.4) is 0 Å². The molecule has 1 aromatic carbocycles. The zero-order valence-corrected chi connectivity index (χ0v) is 11.8. The minimum atomic E-state index is 0.0775. The Balaban J connectivity index is 1.84. The lowest BCUT2D eigenvalue weighted by Gasteiger charge is -2.17. The van der Waals surface area contributed by atoms with Crippen LogP contribution in [-0.2, 0) is 4.74 Å². The van der Waals surface area contributed by atoms with Gasteiger partial charge in [-0.15, -0.1) is 0 Å². The predicted molar refractivity (Wildman–Crippen MR) is 76.2 cm³/mol. The summed E-state index contributed by atoms with van der Waals surface area (Å²) in [6.07, 6.45) is 1.50. The van der Waals surface area contributed by atoms with Crippen molar-refractivity contribution in [2.75, 3.05) is 19.5 Å². The molecule has 0 aromatic heterocycles. The molecular formula is C14H21NO2S. The van der Waals surface area contributed by atoms with E-state index in [9.17, 15) is 0 Å². The van der Waals surface area contributed by atoms with Crippen molar-refractivity contribution in [1.29, 1.82) is 0 Å². The van der Waals surface area contributed by atoms with E-state index < -0.39 is 0 Å². The third-order valence-corrected chi connectivity index (χ3v) is 4.94. The molecule has 0 amide bonds. The summed E-state index contributed by atoms with van der Waals surface area (Å²) in [5.74, 6) is 1.81. The first-order chi connectivity index (χ1) is 8.70. The summed E-state index contributed by atoms with van der Waals surface area (Å²) in [5, 5.41) is 0.592. The smallest absolute Gasteiger partial charge is 0.118 e. The van der Waals surface area contributed by atoms with E-state index in [0.717, 1.165) is 30.1 Å². The van der Waals surface area contributed by atoms with Crippen molar-refractivity contribution in [3.63, 3.8) is 0 Å². The van der Waals surface area contributed by atoms with Gasteiger partial charge in [0.25, 0.3) is 0 Å². The number of methoxy groups -OCH3 is 1. The van der Waals surface area contributed by atoms with Gasteiger partial charge in [0.05, 0.1) is 13.2 Å². The van der Waals surface area contributed by atoms with E-state index in [0.29, 0.717) is 11.4 Å². The highest BCUT2D eigenvalue weighted by Crippen LogP contribution is 2.29. The number of thioether (sulfide) groups is 1. The second kappa shape index (κ2) is 6.45. The predicted octanol–water partition coefficient (Wildman–Crippen LogP) is 2.61. The maximum absolute atomic E-state index is 6.21. The summed E-state index contributed by atoms with van der Waals surface area (Å²) in [4.78, 5) is 0. The van der Waals surface area contributed by atoms with Gasteiger partial charge >= 0.3 is 0 Å². The van der Waals surface area contributed by atoms with Gasteiger partial charge in [-0.2, -0.15) is 11.8 Å². The van der Waals surface area contributed by atoms with E-state index in [2.05, 4.69) is 6.92 Å². The monoisotopic (exact) mass is 267 g/mol. The van der Waals surface area contributed by atoms with Crippen molar-refractivity contribution >= 4 is 11.8 Å². The molecule has 1 aromatic rings. The van der Waals surface area contributed by atoms with E-state index in [4.69, 9.17) is 15.2 Å². The fraction of sp³-hybridized carbons (Fsp3) is 0.571. The van der Waals surface area contributed by atoms with Gasteiger partial charge in [-0.25, -0.2) is 0 Å². The van der Waals surface area contributed by atoms with Crippen molar-refractivity contribution < 1.29 is 9.47 Å². The lowest BCUT2D eigenvalue weighted by Crippen LogP contribution is -2.19. The first-order valence-corrected chi connectivity index (χ1v) is 7.38. The van der Waals surface area contributed by atoms with Crippen LogP contribution in [0.5, 0.6) is 5.75 Å². The molecule has 0 aliphatic carbocycles. The van der Waals surface area contributed by atoms with Crippen LogP contribution in [0.1, 0.15) is 24.9 Å². The first kappa shape index (κ1) is 13.7. The van der Waals surface area contributed by atoms with E-state index in [1.807, 2.05) is 36.0 Å². The molecule has 2 N–H and O–H groups in total. The highest BCUT2D eigenvalue weighted by Gasteiger charge is 2.25. The van der Waals surface area contributed by atoms with Gasteiger partial charge in [-0.05, 0) is 31.0 Å². The molecule has 0 bridgehead atoms. The van der Waals surface area contributed by atoms with E-state index in [1.165, 1.54) is 0 Å². The zero-order chi connectivity index (χ0) is 13.0. The molecule has 3 unspecified atom stereocenters. The van der Waals surface area contributed by atoms with Gasteiger partial charge in [0.15, 0.2) is 0 Å². The summed E-state index contributed by atoms with van der Waals surface area (Å²) in [5.41, 5.74) is 7.37. The Hall–Kier alpha value is -0.710. The quantitative estimate of drug-likeness (QED) is 0.890. The van der Waals surface area contributed by atoms with Crippen molar-refractivity contribution in [3.05, 3.63) is 29.8 Å². The lowest BCUT2D eigenvalue weighted by molar-refractivity contribution is 0.127. The summed E-state index contributed by atoms with van der Waals surface area (Å²) >= 11 is 1.92. The molecule has 18 heavy (non-hydrogen) atoms. The normalized spacial score (nSPS) is 25.1. The zero-order valence-electron chi connectivity index (χ0n) is 11.0. The molecule has 1 heterocycles. The minimum absolute atomic E-state index is 0.0775. The second-order valence-corrected chi connectivity index (χ2v) is 5.89. The molecule has 0 saturated carbocycles. The van der Waals surface area contributed by atoms with Crippen LogP contribution in [0, 0.1) is 0 Å². The Morgan fingerprint density at radius 3 is 2.72 bits per heavy atom. The standard InChI is InChI=1S/C14H21NO2S/c1-10-14(7-8-17-10)18-9-13(15)11-3-5-12(16-2)6-4-11/h3-6,10,13-14H,7-9,15H2,1-2H3. The van der Waals surface area contributed by atoms with Crippen LogP contribution in [0.2, 0.25) is 0 Å². The summed E-state index contributed by atoms with van der Waals surface area (Å²) in [7, 11) is 1.67. The Kier molecular flexibility index (Phi) is 4.92. The molecule has 1 fully saturated rings. The molecule has 3 nitrogen and oxygen atoms in total. The number of benzene rings is 1. The SMILES string of the molecule is COc1ccc(C(N)CSC2CCOC2C)cc1. The molecule has 4 heteroatoms. The third kappa shape index (κ3) is 3.40. The molecule has 100 valence electrons. The third-order valence-electron chi connectivity index (χ3n) is 3.34. The molecular weight excluding hydrogens is 246 g/mol. The Morgan fingerprint density at radius 2 is 2.17 bits per heavy atom. The van der Waals surface area contributed by atoms with Crippen LogP contribution in [0.25, 0.3) is 0 Å². The van der Waals surface area contributed by atoms with Crippen LogP contribution in [0.15, 0.2) is 24.3 Å². The molecule has 1 aliphatic rings. The average Bonchev–Trinajstić information content (AvgIpc) is 2.81. The fourth-order valence-electron chi connectivity index (χ4n) is 2.11. The number of hydrogen-bond donors (Lipinski definition) is 1. The number of rotatable bonds is 5. The van der Waals surface area contributed by atoms with Crippen LogP contribution < -0.4 is 10.5 Å². The Morgan fingerprint density at radius 1 is 1.44 bits per heavy atom. The maximum Gasteiger partial charge on any atom is 0.118 e. The van der Waals surface area contributed by atoms with Crippen LogP contribution >= 0.6 is 11.8 Å². The summed E-state index contributed by atoms with van der Waals surface area (Å²) < 4.78 is 10.7. The largest absolute Gasteiger partial charge is 0.497 e. The highest BCUT2D eigenvalue weighted by molar-refractivity contribution is 8.00. The lowest BCUT2D eigenvalue weighted by atomic mass is 10.1. The summed E-state index contributed by atoms with van der Waals surface area (Å²) in [6, 6.07) is 8.08. The van der Waals surface area contributed by atoms with Gasteiger partial charge < -0.3 is 15.2 Å². The molecule has 1 saturated heterocycles. The van der Waals surface area contributed by atoms with E-state index in [1.54, 1.807) is 7.11 Å². The minimum Gasteiger partial charge on any atom is -0.497 e. The van der Waals surface area contributed by atoms with E-state index in [-0.39, 0.29) is 6.04 Å². The van der Waals surface area contributed by atoms with Gasteiger partial charge in [0.1, 0.15) is 5.75 Å². The van der Waals surface area contributed by atoms with Gasteiger partial charge in [0.2, 0.25) is 0 Å². The van der Waals surface area contributed by atoms with Crippen molar-refractivity contribution in [2.45, 2.75) is 30.7 Å².